The molecular formula is C15H13BrClN3O4. The second-order valence-electron chi connectivity index (χ2n) is 4.45. The van der Waals surface area contributed by atoms with Crippen molar-refractivity contribution in [2.75, 3.05) is 13.2 Å². The highest BCUT2D eigenvalue weighted by Crippen LogP contribution is 2.15. The topological polar surface area (TPSA) is 92.9 Å². The number of nitrogens with one attached hydrogen (secondary N) is 2. The molecule has 0 aliphatic rings. The number of carbonyl (C=O) groups excluding carboxylic acids is 2. The Bertz CT molecular complexity index is 731. The number of nitrogens with zero attached hydrogens (tertiary/aromatic N) is 1. The van der Waals surface area contributed by atoms with Crippen LogP contribution in [0.2, 0.25) is 5.02 Å². The summed E-state index contributed by atoms with van der Waals surface area (Å²) in [4.78, 5) is 23.1. The van der Waals surface area contributed by atoms with E-state index in [1.807, 2.05) is 0 Å². The molecule has 0 aliphatic heterocycles. The fourth-order valence-electron chi connectivity index (χ4n) is 1.51. The minimum atomic E-state index is -0.475. The summed E-state index contributed by atoms with van der Waals surface area (Å²) < 4.78 is 11.0. The molecular weight excluding hydrogens is 402 g/mol. The van der Waals surface area contributed by atoms with Gasteiger partial charge in [0, 0.05) is 5.02 Å². The first kappa shape index (κ1) is 18.0. The van der Waals surface area contributed by atoms with E-state index < -0.39 is 11.8 Å². The highest BCUT2D eigenvalue weighted by Gasteiger charge is 2.06. The quantitative estimate of drug-likeness (QED) is 0.537. The number of hydrazone groups is 1. The van der Waals surface area contributed by atoms with E-state index in [1.54, 1.807) is 36.4 Å². The zero-order valence-corrected chi connectivity index (χ0v) is 14.6. The van der Waals surface area contributed by atoms with Gasteiger partial charge < -0.3 is 14.5 Å². The van der Waals surface area contributed by atoms with E-state index in [-0.39, 0.29) is 13.2 Å². The maximum atomic E-state index is 11.6. The summed E-state index contributed by atoms with van der Waals surface area (Å²) in [5.74, 6) is 0.0755. The van der Waals surface area contributed by atoms with Crippen LogP contribution in [0, 0.1) is 0 Å². The molecule has 2 N–H and O–H groups in total. The van der Waals surface area contributed by atoms with Gasteiger partial charge in [-0.2, -0.15) is 5.10 Å². The van der Waals surface area contributed by atoms with Gasteiger partial charge in [-0.15, -0.1) is 0 Å². The van der Waals surface area contributed by atoms with Crippen LogP contribution in [0.25, 0.3) is 0 Å². The average molecular weight is 415 g/mol. The molecule has 7 nitrogen and oxygen atoms in total. The smallest absolute Gasteiger partial charge is 0.259 e. The van der Waals surface area contributed by atoms with Crippen LogP contribution in [-0.2, 0) is 9.59 Å². The number of amides is 2. The Morgan fingerprint density at radius 2 is 1.96 bits per heavy atom. The van der Waals surface area contributed by atoms with Gasteiger partial charge in [-0.25, -0.2) is 5.43 Å². The molecule has 2 aromatic rings. The molecule has 0 fully saturated rings. The number of carbonyl (C=O) groups is 2. The van der Waals surface area contributed by atoms with E-state index in [1.165, 1.54) is 6.21 Å². The maximum absolute atomic E-state index is 11.6. The van der Waals surface area contributed by atoms with E-state index >= 15 is 0 Å². The SMILES string of the molecule is O=C(COc1ccc(Cl)cc1)NCC(=O)NN=Cc1ccc(Br)o1. The molecule has 126 valence electrons. The van der Waals surface area contributed by atoms with Gasteiger partial charge in [0.2, 0.25) is 0 Å². The third-order valence-electron chi connectivity index (χ3n) is 2.60. The minimum absolute atomic E-state index is 0.210. The lowest BCUT2D eigenvalue weighted by molar-refractivity contribution is -0.127. The fourth-order valence-corrected chi connectivity index (χ4v) is 1.96. The summed E-state index contributed by atoms with van der Waals surface area (Å²) in [6.45, 7) is -0.430. The van der Waals surface area contributed by atoms with Crippen LogP contribution in [0.5, 0.6) is 5.75 Å². The van der Waals surface area contributed by atoms with Crippen molar-refractivity contribution in [2.24, 2.45) is 5.10 Å². The molecule has 0 spiro atoms. The van der Waals surface area contributed by atoms with Crippen molar-refractivity contribution >= 4 is 45.6 Å². The van der Waals surface area contributed by atoms with Gasteiger partial charge in [0.05, 0.1) is 12.8 Å². The standard InChI is InChI=1S/C15H13BrClN3O4/c16-13-6-5-12(24-13)7-19-20-14(21)8-18-15(22)9-23-11-3-1-10(17)2-4-11/h1-7H,8-9H2,(H,18,22)(H,20,21). The summed E-state index contributed by atoms with van der Waals surface area (Å²) in [7, 11) is 0. The monoisotopic (exact) mass is 413 g/mol. The number of halogens is 2. The van der Waals surface area contributed by atoms with Gasteiger partial charge >= 0.3 is 0 Å². The largest absolute Gasteiger partial charge is 0.484 e. The summed E-state index contributed by atoms with van der Waals surface area (Å²) in [5.41, 5.74) is 2.26. The van der Waals surface area contributed by atoms with Crippen LogP contribution in [0.3, 0.4) is 0 Å². The second kappa shape index (κ2) is 9.09. The van der Waals surface area contributed by atoms with E-state index in [0.717, 1.165) is 0 Å². The Hall–Kier alpha value is -2.32. The highest BCUT2D eigenvalue weighted by molar-refractivity contribution is 9.10. The third kappa shape index (κ3) is 6.43. The first-order valence-electron chi connectivity index (χ1n) is 6.75. The van der Waals surface area contributed by atoms with Crippen LogP contribution < -0.4 is 15.5 Å². The summed E-state index contributed by atoms with van der Waals surface area (Å²) in [5, 5.41) is 6.69. The lowest BCUT2D eigenvalue weighted by Crippen LogP contribution is -2.37. The van der Waals surface area contributed by atoms with Gasteiger partial charge in [-0.05, 0) is 52.3 Å². The molecule has 9 heteroatoms. The molecule has 2 rings (SSSR count). The Labute approximate surface area is 151 Å². The molecule has 2 amide bonds. The number of hydrogen-bond acceptors (Lipinski definition) is 5. The van der Waals surface area contributed by atoms with Crippen molar-refractivity contribution < 1.29 is 18.7 Å². The molecule has 1 heterocycles. The summed E-state index contributed by atoms with van der Waals surface area (Å²) in [6.07, 6.45) is 1.34. The average Bonchev–Trinajstić information content (AvgIpc) is 2.98. The molecule has 0 atom stereocenters. The van der Waals surface area contributed by atoms with Crippen LogP contribution >= 0.6 is 27.5 Å². The van der Waals surface area contributed by atoms with Gasteiger partial charge in [-0.3, -0.25) is 9.59 Å². The van der Waals surface area contributed by atoms with Crippen molar-refractivity contribution in [3.05, 3.63) is 51.9 Å². The number of ether oxygens (including phenoxy) is 1. The highest BCUT2D eigenvalue weighted by atomic mass is 79.9. The molecule has 1 aromatic heterocycles. The van der Waals surface area contributed by atoms with Gasteiger partial charge in [0.15, 0.2) is 11.3 Å². The Morgan fingerprint density at radius 3 is 2.62 bits per heavy atom. The van der Waals surface area contributed by atoms with Crippen molar-refractivity contribution in [2.45, 2.75) is 0 Å². The number of rotatable bonds is 7. The molecule has 0 bridgehead atoms. The van der Waals surface area contributed by atoms with E-state index in [2.05, 4.69) is 31.8 Å². The van der Waals surface area contributed by atoms with Crippen molar-refractivity contribution in [1.29, 1.82) is 0 Å². The van der Waals surface area contributed by atoms with Crippen molar-refractivity contribution in [3.8, 4) is 5.75 Å². The fraction of sp³-hybridized carbons (Fsp3) is 0.133. The second-order valence-corrected chi connectivity index (χ2v) is 5.67. The third-order valence-corrected chi connectivity index (χ3v) is 3.28. The van der Waals surface area contributed by atoms with Crippen molar-refractivity contribution in [3.63, 3.8) is 0 Å². The first-order chi connectivity index (χ1) is 11.5. The first-order valence-corrected chi connectivity index (χ1v) is 7.92. The van der Waals surface area contributed by atoms with E-state index in [0.29, 0.717) is 21.2 Å². The minimum Gasteiger partial charge on any atom is -0.484 e. The normalized spacial score (nSPS) is 10.6. The van der Waals surface area contributed by atoms with Crippen molar-refractivity contribution in [1.82, 2.24) is 10.7 Å². The van der Waals surface area contributed by atoms with Crippen LogP contribution in [0.15, 0.2) is 50.6 Å². The maximum Gasteiger partial charge on any atom is 0.259 e. The Balaban J connectivity index is 1.64. The molecule has 0 aliphatic carbocycles. The molecule has 0 saturated carbocycles. The van der Waals surface area contributed by atoms with E-state index in [9.17, 15) is 9.59 Å². The van der Waals surface area contributed by atoms with Crippen LogP contribution in [0.4, 0.5) is 0 Å². The van der Waals surface area contributed by atoms with E-state index in [4.69, 9.17) is 20.8 Å². The molecule has 1 aromatic carbocycles. The molecule has 24 heavy (non-hydrogen) atoms. The van der Waals surface area contributed by atoms with Crippen LogP contribution in [-0.4, -0.2) is 31.2 Å². The van der Waals surface area contributed by atoms with Crippen LogP contribution in [0.1, 0.15) is 5.76 Å². The van der Waals surface area contributed by atoms with Gasteiger partial charge in [-0.1, -0.05) is 11.6 Å². The van der Waals surface area contributed by atoms with Gasteiger partial charge in [0.25, 0.3) is 11.8 Å². The predicted molar refractivity (Wildman–Crippen MR) is 92.1 cm³/mol. The Kier molecular flexibility index (Phi) is 6.83. The summed E-state index contributed by atoms with van der Waals surface area (Å²) >= 11 is 8.89. The number of hydrogen-bond donors (Lipinski definition) is 2. The zero-order valence-electron chi connectivity index (χ0n) is 12.3. The molecule has 0 saturated heterocycles. The molecule has 0 radical (unpaired) electrons. The summed E-state index contributed by atoms with van der Waals surface area (Å²) in [6, 6.07) is 9.96. The predicted octanol–water partition coefficient (Wildman–Crippen LogP) is 2.34. The Morgan fingerprint density at radius 1 is 1.21 bits per heavy atom. The lowest BCUT2D eigenvalue weighted by atomic mass is 10.3. The lowest BCUT2D eigenvalue weighted by Gasteiger charge is -2.06. The number of benzene rings is 1. The number of furan rings is 1. The van der Waals surface area contributed by atoms with Gasteiger partial charge in [0.1, 0.15) is 11.5 Å². The zero-order chi connectivity index (χ0) is 17.4. The molecule has 0 unspecified atom stereocenters.